The van der Waals surface area contributed by atoms with Crippen LogP contribution in [0.25, 0.3) is 10.8 Å². The molecule has 0 radical (unpaired) electrons. The van der Waals surface area contributed by atoms with Crippen molar-refractivity contribution >= 4 is 34.0 Å². The lowest BCUT2D eigenvalue weighted by atomic mass is 10.1. The topological polar surface area (TPSA) is 70.6 Å². The van der Waals surface area contributed by atoms with Crippen LogP contribution in [-0.4, -0.2) is 17.5 Å². The first-order valence-electron chi connectivity index (χ1n) is 9.02. The van der Waals surface area contributed by atoms with Crippen molar-refractivity contribution in [2.45, 2.75) is 19.5 Å². The highest BCUT2D eigenvalue weighted by Gasteiger charge is 2.30. The highest BCUT2D eigenvalue weighted by atomic mass is 19.4. The molecule has 0 heterocycles. The van der Waals surface area contributed by atoms with E-state index in [1.54, 1.807) is 12.1 Å². The molecule has 3 aromatic rings. The zero-order valence-corrected chi connectivity index (χ0v) is 16.0. The Kier molecular flexibility index (Phi) is 6.15. The number of nitrogens with one attached hydrogen (secondary N) is 2. The molecule has 154 valence electrons. The molecule has 0 aliphatic rings. The molecule has 2 N–H and O–H groups in total. The number of carbonyl (C=O) groups is 2. The van der Waals surface area contributed by atoms with Gasteiger partial charge in [-0.1, -0.05) is 36.4 Å². The van der Waals surface area contributed by atoms with E-state index in [4.69, 9.17) is 0 Å². The Hall–Kier alpha value is -3.68. The van der Waals surface area contributed by atoms with Crippen molar-refractivity contribution in [3.8, 4) is 0 Å². The number of anilines is 1. The minimum Gasteiger partial charge on any atom is -0.326 e. The van der Waals surface area contributed by atoms with E-state index in [1.807, 2.05) is 30.3 Å². The maximum Gasteiger partial charge on any atom is 0.416 e. The molecule has 0 spiro atoms. The molecule has 0 bridgehead atoms. The van der Waals surface area contributed by atoms with Crippen LogP contribution in [0.5, 0.6) is 0 Å². The summed E-state index contributed by atoms with van der Waals surface area (Å²) in [6, 6.07) is 17.2. The van der Waals surface area contributed by atoms with Crippen molar-refractivity contribution < 1.29 is 22.8 Å². The van der Waals surface area contributed by atoms with Crippen LogP contribution in [0, 0.1) is 0 Å². The molecule has 2 amide bonds. The zero-order chi connectivity index (χ0) is 21.7. The van der Waals surface area contributed by atoms with Crippen molar-refractivity contribution in [1.29, 1.82) is 0 Å². The summed E-state index contributed by atoms with van der Waals surface area (Å²) in [6.45, 7) is 1.53. The maximum absolute atomic E-state index is 12.7. The van der Waals surface area contributed by atoms with E-state index in [0.717, 1.165) is 22.9 Å². The number of hydrazone groups is 1. The van der Waals surface area contributed by atoms with E-state index in [0.29, 0.717) is 11.3 Å². The molecule has 0 aromatic heterocycles. The first-order chi connectivity index (χ1) is 14.2. The van der Waals surface area contributed by atoms with Crippen LogP contribution in [0.1, 0.15) is 29.3 Å². The summed E-state index contributed by atoms with van der Waals surface area (Å²) in [5, 5.41) is 8.20. The predicted octanol–water partition coefficient (Wildman–Crippen LogP) is 4.99. The quantitative estimate of drug-likeness (QED) is 0.457. The molecule has 0 aliphatic heterocycles. The van der Waals surface area contributed by atoms with Crippen molar-refractivity contribution in [2.24, 2.45) is 5.10 Å². The number of carbonyl (C=O) groups excluding carboxylic acids is 2. The second kappa shape index (κ2) is 8.77. The van der Waals surface area contributed by atoms with Crippen molar-refractivity contribution in [2.75, 3.05) is 5.32 Å². The van der Waals surface area contributed by atoms with E-state index in [1.165, 1.54) is 19.1 Å². The maximum atomic E-state index is 12.7. The summed E-state index contributed by atoms with van der Waals surface area (Å²) >= 11 is 0. The minimum atomic E-state index is -4.49. The number of nitrogens with zero attached hydrogens (tertiary/aromatic N) is 1. The Morgan fingerprint density at radius 3 is 2.40 bits per heavy atom. The number of benzene rings is 3. The molecule has 0 unspecified atom stereocenters. The van der Waals surface area contributed by atoms with E-state index in [2.05, 4.69) is 15.8 Å². The van der Waals surface area contributed by atoms with Crippen LogP contribution in [-0.2, 0) is 11.0 Å². The van der Waals surface area contributed by atoms with Gasteiger partial charge in [0, 0.05) is 17.0 Å². The molecular formula is C22H18F3N3O2. The van der Waals surface area contributed by atoms with Gasteiger partial charge in [0.05, 0.1) is 12.0 Å². The van der Waals surface area contributed by atoms with Crippen LogP contribution >= 0.6 is 0 Å². The summed E-state index contributed by atoms with van der Waals surface area (Å²) < 4.78 is 38.2. The lowest BCUT2D eigenvalue weighted by Gasteiger charge is -2.10. The Labute approximate surface area is 170 Å². The molecule has 3 rings (SSSR count). The second-order valence-corrected chi connectivity index (χ2v) is 6.65. The van der Waals surface area contributed by atoms with Gasteiger partial charge in [-0.05, 0) is 48.0 Å². The number of amides is 2. The highest BCUT2D eigenvalue weighted by Crippen LogP contribution is 2.30. The van der Waals surface area contributed by atoms with Gasteiger partial charge in [-0.2, -0.15) is 18.3 Å². The summed E-state index contributed by atoms with van der Waals surface area (Å²) in [5.74, 6) is -0.978. The summed E-state index contributed by atoms with van der Waals surface area (Å²) in [6.07, 6.45) is -4.68. The van der Waals surface area contributed by atoms with E-state index in [-0.39, 0.29) is 12.1 Å². The average molecular weight is 413 g/mol. The lowest BCUT2D eigenvalue weighted by Crippen LogP contribution is -2.21. The third-order valence-corrected chi connectivity index (χ3v) is 4.25. The number of fused-ring (bicyclic) bond motifs is 1. The van der Waals surface area contributed by atoms with Gasteiger partial charge in [0.2, 0.25) is 5.91 Å². The van der Waals surface area contributed by atoms with Crippen LogP contribution in [0.4, 0.5) is 18.9 Å². The SMILES string of the molecule is C/C(CC(=O)Nc1cccc(C(F)(F)F)c1)=N/NC(=O)c1ccc2ccccc2c1. The normalized spacial score (nSPS) is 11.9. The van der Waals surface area contributed by atoms with Crippen molar-refractivity contribution in [1.82, 2.24) is 5.43 Å². The smallest absolute Gasteiger partial charge is 0.326 e. The Morgan fingerprint density at radius 2 is 1.67 bits per heavy atom. The number of rotatable bonds is 5. The number of alkyl halides is 3. The largest absolute Gasteiger partial charge is 0.416 e. The number of hydrogen-bond acceptors (Lipinski definition) is 3. The van der Waals surface area contributed by atoms with Crippen LogP contribution < -0.4 is 10.7 Å². The molecule has 0 fully saturated rings. The van der Waals surface area contributed by atoms with E-state index < -0.39 is 23.6 Å². The first kappa shape index (κ1) is 21.0. The van der Waals surface area contributed by atoms with Crippen LogP contribution in [0.3, 0.4) is 0 Å². The third-order valence-electron chi connectivity index (χ3n) is 4.25. The average Bonchev–Trinajstić information content (AvgIpc) is 2.71. The van der Waals surface area contributed by atoms with Gasteiger partial charge in [0.25, 0.3) is 5.91 Å². The van der Waals surface area contributed by atoms with E-state index in [9.17, 15) is 22.8 Å². The molecule has 0 atom stereocenters. The van der Waals surface area contributed by atoms with Crippen LogP contribution in [0.15, 0.2) is 71.8 Å². The van der Waals surface area contributed by atoms with Gasteiger partial charge in [-0.25, -0.2) is 5.43 Å². The van der Waals surface area contributed by atoms with Gasteiger partial charge in [-0.3, -0.25) is 9.59 Å². The predicted molar refractivity (Wildman–Crippen MR) is 109 cm³/mol. The fourth-order valence-corrected chi connectivity index (χ4v) is 2.79. The van der Waals surface area contributed by atoms with Gasteiger partial charge in [0.1, 0.15) is 0 Å². The van der Waals surface area contributed by atoms with Crippen LogP contribution in [0.2, 0.25) is 0 Å². The molecule has 0 saturated heterocycles. The van der Waals surface area contributed by atoms with Gasteiger partial charge >= 0.3 is 6.18 Å². The fourth-order valence-electron chi connectivity index (χ4n) is 2.79. The molecular weight excluding hydrogens is 395 g/mol. The van der Waals surface area contributed by atoms with Gasteiger partial charge < -0.3 is 5.32 Å². The molecule has 8 heteroatoms. The van der Waals surface area contributed by atoms with Crippen molar-refractivity contribution in [3.05, 3.63) is 77.9 Å². The van der Waals surface area contributed by atoms with Crippen molar-refractivity contribution in [3.63, 3.8) is 0 Å². The molecule has 0 aliphatic carbocycles. The van der Waals surface area contributed by atoms with E-state index >= 15 is 0 Å². The Balaban J connectivity index is 1.59. The second-order valence-electron chi connectivity index (χ2n) is 6.65. The Bertz CT molecular complexity index is 1120. The minimum absolute atomic E-state index is 0.0304. The Morgan fingerprint density at radius 1 is 0.933 bits per heavy atom. The van der Waals surface area contributed by atoms with Gasteiger partial charge in [-0.15, -0.1) is 0 Å². The number of hydrogen-bond donors (Lipinski definition) is 2. The third kappa shape index (κ3) is 5.44. The highest BCUT2D eigenvalue weighted by molar-refractivity contribution is 6.06. The molecule has 0 saturated carbocycles. The molecule has 30 heavy (non-hydrogen) atoms. The first-order valence-corrected chi connectivity index (χ1v) is 9.02. The zero-order valence-electron chi connectivity index (χ0n) is 16.0. The molecule has 3 aromatic carbocycles. The fraction of sp³-hybridized carbons (Fsp3) is 0.136. The lowest BCUT2D eigenvalue weighted by molar-refractivity contribution is -0.137. The summed E-state index contributed by atoms with van der Waals surface area (Å²) in [5.41, 5.74) is 2.27. The monoisotopic (exact) mass is 413 g/mol. The molecule has 5 nitrogen and oxygen atoms in total. The van der Waals surface area contributed by atoms with Gasteiger partial charge in [0.15, 0.2) is 0 Å². The standard InChI is InChI=1S/C22H18F3N3O2/c1-14(11-20(29)26-19-8-4-7-18(13-19)22(23,24)25)27-28-21(30)17-10-9-15-5-2-3-6-16(15)12-17/h2-10,12-13H,11H2,1H3,(H,26,29)(H,28,30)/b27-14-. The summed E-state index contributed by atoms with van der Waals surface area (Å²) in [7, 11) is 0. The summed E-state index contributed by atoms with van der Waals surface area (Å²) in [4.78, 5) is 24.3. The number of halogens is 3.